The van der Waals surface area contributed by atoms with Crippen LogP contribution in [0.1, 0.15) is 27.5 Å². The molecule has 1 atom stereocenters. The fourth-order valence-electron chi connectivity index (χ4n) is 3.82. The van der Waals surface area contributed by atoms with Crippen LogP contribution in [-0.2, 0) is 0 Å². The van der Waals surface area contributed by atoms with Gasteiger partial charge in [0.05, 0.1) is 6.04 Å². The minimum Gasteiger partial charge on any atom is -0.336 e. The first-order valence-corrected chi connectivity index (χ1v) is 9.23. The number of urea groups is 1. The molecule has 7 heteroatoms. The summed E-state index contributed by atoms with van der Waals surface area (Å²) < 4.78 is 0. The molecule has 2 aromatic rings. The molecule has 27 heavy (non-hydrogen) atoms. The summed E-state index contributed by atoms with van der Waals surface area (Å²) >= 11 is 0. The van der Waals surface area contributed by atoms with Crippen molar-refractivity contribution in [1.82, 2.24) is 20.5 Å². The maximum absolute atomic E-state index is 13.4. The van der Waals surface area contributed by atoms with Gasteiger partial charge in [0.15, 0.2) is 0 Å². The van der Waals surface area contributed by atoms with Crippen LogP contribution in [0.3, 0.4) is 0 Å². The third-order valence-electron chi connectivity index (χ3n) is 5.26. The number of pyridine rings is 1. The summed E-state index contributed by atoms with van der Waals surface area (Å²) in [6.45, 7) is 5.24. The Morgan fingerprint density at radius 2 is 2.07 bits per heavy atom. The fraction of sp³-hybridized carbons (Fsp3) is 0.350. The maximum Gasteiger partial charge on any atom is 0.322 e. The highest BCUT2D eigenvalue weighted by Crippen LogP contribution is 2.29. The highest BCUT2D eigenvalue weighted by Gasteiger charge is 2.31. The van der Waals surface area contributed by atoms with Gasteiger partial charge in [-0.15, -0.1) is 0 Å². The molecule has 140 valence electrons. The van der Waals surface area contributed by atoms with E-state index in [2.05, 4.69) is 15.6 Å². The van der Waals surface area contributed by atoms with Gasteiger partial charge in [0.25, 0.3) is 5.91 Å². The molecule has 2 aliphatic heterocycles. The lowest BCUT2D eigenvalue weighted by atomic mass is 10.0. The summed E-state index contributed by atoms with van der Waals surface area (Å²) in [6, 6.07) is 9.32. The fourth-order valence-corrected chi connectivity index (χ4v) is 3.82. The highest BCUT2D eigenvalue weighted by atomic mass is 16.2. The largest absolute Gasteiger partial charge is 0.336 e. The molecule has 2 fully saturated rings. The Morgan fingerprint density at radius 3 is 2.81 bits per heavy atom. The van der Waals surface area contributed by atoms with Crippen molar-refractivity contribution in [2.75, 3.05) is 37.6 Å². The summed E-state index contributed by atoms with van der Waals surface area (Å²) in [4.78, 5) is 33.3. The van der Waals surface area contributed by atoms with Gasteiger partial charge in [-0.1, -0.05) is 12.1 Å². The average molecular weight is 365 g/mol. The van der Waals surface area contributed by atoms with Crippen molar-refractivity contribution in [3.05, 3.63) is 59.4 Å². The molecule has 2 aliphatic rings. The van der Waals surface area contributed by atoms with E-state index in [1.165, 1.54) is 0 Å². The average Bonchev–Trinajstić information content (AvgIpc) is 3.14. The second kappa shape index (κ2) is 7.36. The molecule has 2 saturated heterocycles. The first kappa shape index (κ1) is 17.5. The van der Waals surface area contributed by atoms with E-state index in [0.29, 0.717) is 31.7 Å². The van der Waals surface area contributed by atoms with E-state index in [1.807, 2.05) is 48.4 Å². The van der Waals surface area contributed by atoms with Crippen molar-refractivity contribution in [3.8, 4) is 0 Å². The van der Waals surface area contributed by atoms with Gasteiger partial charge >= 0.3 is 6.03 Å². The zero-order valence-electron chi connectivity index (χ0n) is 15.3. The Kier molecular flexibility index (Phi) is 4.77. The van der Waals surface area contributed by atoms with E-state index in [-0.39, 0.29) is 18.0 Å². The molecule has 7 nitrogen and oxygen atoms in total. The van der Waals surface area contributed by atoms with Gasteiger partial charge < -0.3 is 15.5 Å². The van der Waals surface area contributed by atoms with E-state index in [1.54, 1.807) is 11.1 Å². The van der Waals surface area contributed by atoms with Crippen molar-refractivity contribution in [1.29, 1.82) is 0 Å². The lowest BCUT2D eigenvalue weighted by Gasteiger charge is -2.37. The molecule has 0 radical (unpaired) electrons. The maximum atomic E-state index is 13.4. The van der Waals surface area contributed by atoms with Crippen molar-refractivity contribution < 1.29 is 9.59 Å². The number of piperazine rings is 1. The van der Waals surface area contributed by atoms with Gasteiger partial charge in [-0.2, -0.15) is 0 Å². The number of nitrogens with zero attached hydrogens (tertiary/aromatic N) is 3. The van der Waals surface area contributed by atoms with Crippen molar-refractivity contribution in [2.45, 2.75) is 13.0 Å². The molecule has 1 aromatic carbocycles. The molecule has 0 aliphatic carbocycles. The normalized spacial score (nSPS) is 19.9. The molecule has 0 bridgehead atoms. The smallest absolute Gasteiger partial charge is 0.322 e. The summed E-state index contributed by atoms with van der Waals surface area (Å²) in [5.74, 6) is -0.00990. The number of anilines is 1. The Morgan fingerprint density at radius 1 is 1.19 bits per heavy atom. The zero-order chi connectivity index (χ0) is 18.8. The van der Waals surface area contributed by atoms with Gasteiger partial charge in [0.1, 0.15) is 0 Å². The summed E-state index contributed by atoms with van der Waals surface area (Å²) in [5, 5.41) is 6.18. The third-order valence-corrected chi connectivity index (χ3v) is 5.26. The molecule has 1 aromatic heterocycles. The molecule has 0 saturated carbocycles. The van der Waals surface area contributed by atoms with E-state index in [0.717, 1.165) is 23.4 Å². The minimum absolute atomic E-state index is 0.00990. The predicted octanol–water partition coefficient (Wildman–Crippen LogP) is 1.71. The van der Waals surface area contributed by atoms with Gasteiger partial charge in [0.2, 0.25) is 0 Å². The Balaban J connectivity index is 1.66. The first-order valence-electron chi connectivity index (χ1n) is 9.23. The molecule has 4 rings (SSSR count). The number of hydrogen-bond acceptors (Lipinski definition) is 4. The van der Waals surface area contributed by atoms with Crippen LogP contribution in [0.2, 0.25) is 0 Å². The van der Waals surface area contributed by atoms with Crippen LogP contribution in [0, 0.1) is 6.92 Å². The topological polar surface area (TPSA) is 77.6 Å². The first-order chi connectivity index (χ1) is 13.2. The van der Waals surface area contributed by atoms with Crippen LogP contribution in [-0.4, -0.2) is 54.5 Å². The minimum atomic E-state index is -0.113. The monoisotopic (exact) mass is 365 g/mol. The second-order valence-corrected chi connectivity index (χ2v) is 6.84. The number of carbonyl (C=O) groups excluding carboxylic acids is 2. The summed E-state index contributed by atoms with van der Waals surface area (Å²) in [6.07, 6.45) is 3.55. The Bertz CT molecular complexity index is 855. The SMILES string of the molecule is Cc1c(C(=O)N2CCNCC2c2cccnc2)cccc1N1CCNC1=O. The molecular weight excluding hydrogens is 342 g/mol. The van der Waals surface area contributed by atoms with Gasteiger partial charge in [-0.3, -0.25) is 14.7 Å². The molecule has 0 spiro atoms. The number of hydrogen-bond donors (Lipinski definition) is 2. The molecular formula is C20H23N5O2. The standard InChI is InChI=1S/C20H23N5O2/c1-14-16(5-2-6-17(14)25-11-9-23-20(25)27)19(26)24-10-8-22-13-18(24)15-4-3-7-21-12-15/h2-7,12,18,22H,8-11,13H2,1H3,(H,23,27). The van der Waals surface area contributed by atoms with Gasteiger partial charge in [0, 0.05) is 56.4 Å². The van der Waals surface area contributed by atoms with Crippen LogP contribution in [0.5, 0.6) is 0 Å². The zero-order valence-corrected chi connectivity index (χ0v) is 15.3. The van der Waals surface area contributed by atoms with Crippen molar-refractivity contribution >= 4 is 17.6 Å². The number of amides is 3. The molecule has 3 amide bonds. The lowest BCUT2D eigenvalue weighted by molar-refractivity contribution is 0.0633. The van der Waals surface area contributed by atoms with Crippen molar-refractivity contribution in [3.63, 3.8) is 0 Å². The molecule has 1 unspecified atom stereocenters. The summed E-state index contributed by atoms with van der Waals surface area (Å²) in [7, 11) is 0. The number of nitrogens with one attached hydrogen (secondary N) is 2. The van der Waals surface area contributed by atoms with Crippen LogP contribution in [0.4, 0.5) is 10.5 Å². The Labute approximate surface area is 158 Å². The quantitative estimate of drug-likeness (QED) is 0.868. The van der Waals surface area contributed by atoms with E-state index in [9.17, 15) is 9.59 Å². The molecule has 3 heterocycles. The summed E-state index contributed by atoms with van der Waals surface area (Å²) in [5.41, 5.74) is 3.29. The number of benzene rings is 1. The van der Waals surface area contributed by atoms with Crippen LogP contribution < -0.4 is 15.5 Å². The number of rotatable bonds is 3. The highest BCUT2D eigenvalue weighted by molar-refractivity contribution is 6.00. The van der Waals surface area contributed by atoms with Crippen molar-refractivity contribution in [2.24, 2.45) is 0 Å². The van der Waals surface area contributed by atoms with Gasteiger partial charge in [-0.25, -0.2) is 4.79 Å². The van der Waals surface area contributed by atoms with Crippen LogP contribution >= 0.6 is 0 Å². The second-order valence-electron chi connectivity index (χ2n) is 6.84. The third kappa shape index (κ3) is 3.26. The van der Waals surface area contributed by atoms with E-state index < -0.39 is 0 Å². The van der Waals surface area contributed by atoms with Gasteiger partial charge in [-0.05, 0) is 36.2 Å². The van der Waals surface area contributed by atoms with E-state index >= 15 is 0 Å². The lowest BCUT2D eigenvalue weighted by Crippen LogP contribution is -2.48. The van der Waals surface area contributed by atoms with Crippen LogP contribution in [0.25, 0.3) is 0 Å². The number of carbonyl (C=O) groups is 2. The Hall–Kier alpha value is -2.93. The van der Waals surface area contributed by atoms with E-state index in [4.69, 9.17) is 0 Å². The van der Waals surface area contributed by atoms with Crippen LogP contribution in [0.15, 0.2) is 42.7 Å². The molecule has 2 N–H and O–H groups in total. The predicted molar refractivity (Wildman–Crippen MR) is 103 cm³/mol. The number of aromatic nitrogens is 1.